The van der Waals surface area contributed by atoms with Crippen LogP contribution in [0.15, 0.2) is 66.7 Å². The van der Waals surface area contributed by atoms with Gasteiger partial charge >= 0.3 is 5.97 Å². The summed E-state index contributed by atoms with van der Waals surface area (Å²) in [7, 11) is 0. The number of ether oxygens (including phenoxy) is 1. The topological polar surface area (TPSA) is 85.2 Å². The number of hydrogen-bond acceptors (Lipinski definition) is 4. The molecular formula is C19H12N2O4. The quantitative estimate of drug-likeness (QED) is 0.260. The van der Waals surface area contributed by atoms with Crippen molar-refractivity contribution in [1.82, 2.24) is 4.98 Å². The maximum Gasteiger partial charge on any atom is 0.344 e. The second kappa shape index (κ2) is 5.76. The molecule has 0 atom stereocenters. The van der Waals surface area contributed by atoms with E-state index in [1.165, 1.54) is 24.3 Å². The number of para-hydroxylation sites is 1. The number of nitrogens with zero attached hydrogens (tertiary/aromatic N) is 1. The molecule has 0 saturated heterocycles. The molecule has 1 N–H and O–H groups in total. The van der Waals surface area contributed by atoms with Gasteiger partial charge in [-0.2, -0.15) is 0 Å². The fraction of sp³-hybridized carbons (Fsp3) is 0. The fourth-order valence-corrected chi connectivity index (χ4v) is 2.87. The number of nitrogens with one attached hydrogen (secondary N) is 1. The second-order valence-electron chi connectivity index (χ2n) is 5.54. The summed E-state index contributed by atoms with van der Waals surface area (Å²) in [6.45, 7) is 0. The molecule has 6 nitrogen and oxygen atoms in total. The van der Waals surface area contributed by atoms with Crippen molar-refractivity contribution >= 4 is 33.5 Å². The lowest BCUT2D eigenvalue weighted by Gasteiger charge is -2.05. The highest BCUT2D eigenvalue weighted by molar-refractivity contribution is 6.16. The Hall–Kier alpha value is -3.67. The van der Waals surface area contributed by atoms with Crippen molar-refractivity contribution in [3.8, 4) is 5.75 Å². The number of esters is 1. The Labute approximate surface area is 141 Å². The van der Waals surface area contributed by atoms with Gasteiger partial charge in [0, 0.05) is 33.9 Å². The van der Waals surface area contributed by atoms with Crippen LogP contribution in [-0.4, -0.2) is 15.9 Å². The molecule has 0 bridgehead atoms. The lowest BCUT2D eigenvalue weighted by atomic mass is 10.1. The van der Waals surface area contributed by atoms with Crippen molar-refractivity contribution in [3.63, 3.8) is 0 Å². The summed E-state index contributed by atoms with van der Waals surface area (Å²) in [5.74, 6) is -0.253. The number of nitro groups is 1. The highest BCUT2D eigenvalue weighted by Crippen LogP contribution is 2.29. The second-order valence-corrected chi connectivity index (χ2v) is 5.54. The van der Waals surface area contributed by atoms with Crippen LogP contribution in [0.25, 0.3) is 21.8 Å². The molecule has 0 unspecified atom stereocenters. The van der Waals surface area contributed by atoms with E-state index < -0.39 is 10.9 Å². The van der Waals surface area contributed by atoms with Gasteiger partial charge in [0.05, 0.1) is 10.5 Å². The molecule has 1 aromatic heterocycles. The van der Waals surface area contributed by atoms with Gasteiger partial charge in [0.25, 0.3) is 5.69 Å². The minimum absolute atomic E-state index is 0.0569. The Kier molecular flexibility index (Phi) is 3.43. The Morgan fingerprint density at radius 3 is 2.40 bits per heavy atom. The van der Waals surface area contributed by atoms with E-state index >= 15 is 0 Å². The fourth-order valence-electron chi connectivity index (χ4n) is 2.87. The number of aromatic nitrogens is 1. The van der Waals surface area contributed by atoms with Crippen molar-refractivity contribution in [3.05, 3.63) is 82.4 Å². The molecule has 122 valence electrons. The number of nitro benzene ring substituents is 1. The summed E-state index contributed by atoms with van der Waals surface area (Å²) in [6, 6.07) is 18.5. The molecule has 0 amide bonds. The molecule has 3 aromatic carbocycles. The van der Waals surface area contributed by atoms with Gasteiger partial charge in [-0.05, 0) is 30.3 Å². The van der Waals surface area contributed by atoms with Crippen LogP contribution in [0, 0.1) is 10.1 Å². The molecule has 0 aliphatic rings. The van der Waals surface area contributed by atoms with Crippen LogP contribution in [0.2, 0.25) is 0 Å². The maximum absolute atomic E-state index is 12.6. The monoisotopic (exact) mass is 332 g/mol. The zero-order chi connectivity index (χ0) is 17.4. The predicted molar refractivity (Wildman–Crippen MR) is 93.9 cm³/mol. The summed E-state index contributed by atoms with van der Waals surface area (Å²) in [5.41, 5.74) is 2.17. The van der Waals surface area contributed by atoms with Gasteiger partial charge in [-0.3, -0.25) is 10.1 Å². The van der Waals surface area contributed by atoms with Gasteiger partial charge in [0.2, 0.25) is 0 Å². The number of hydrogen-bond donors (Lipinski definition) is 1. The largest absolute Gasteiger partial charge is 0.423 e. The first-order valence-electron chi connectivity index (χ1n) is 7.59. The molecule has 4 aromatic rings. The molecule has 0 fully saturated rings. The highest BCUT2D eigenvalue weighted by atomic mass is 16.6. The van der Waals surface area contributed by atoms with E-state index in [4.69, 9.17) is 4.74 Å². The molecule has 0 aliphatic heterocycles. The summed E-state index contributed by atoms with van der Waals surface area (Å²) >= 11 is 0. The number of carbonyl (C=O) groups excluding carboxylic acids is 1. The molecule has 0 spiro atoms. The van der Waals surface area contributed by atoms with E-state index in [1.807, 2.05) is 30.3 Å². The Balaban J connectivity index is 1.73. The smallest absolute Gasteiger partial charge is 0.344 e. The first-order valence-corrected chi connectivity index (χ1v) is 7.59. The minimum Gasteiger partial charge on any atom is -0.423 e. The lowest BCUT2D eigenvalue weighted by molar-refractivity contribution is -0.384. The summed E-state index contributed by atoms with van der Waals surface area (Å²) in [5, 5.41) is 12.4. The number of aromatic amines is 1. The molecule has 25 heavy (non-hydrogen) atoms. The van der Waals surface area contributed by atoms with Crippen molar-refractivity contribution in [2.24, 2.45) is 0 Å². The summed E-state index contributed by atoms with van der Waals surface area (Å²) in [4.78, 5) is 26.1. The SMILES string of the molecule is O=C(Oc1ccc([N+](=O)[O-])cc1)c1cccc2[nH]c3ccccc3c12. The van der Waals surface area contributed by atoms with E-state index in [0.717, 1.165) is 21.8 Å². The maximum atomic E-state index is 12.6. The molecule has 6 heteroatoms. The average Bonchev–Trinajstić information content (AvgIpc) is 3.00. The summed E-state index contributed by atoms with van der Waals surface area (Å²) < 4.78 is 5.39. The number of benzene rings is 3. The van der Waals surface area contributed by atoms with Crippen LogP contribution in [-0.2, 0) is 0 Å². The van der Waals surface area contributed by atoms with Gasteiger partial charge in [0.15, 0.2) is 0 Å². The molecule has 0 radical (unpaired) electrons. The molecular weight excluding hydrogens is 320 g/mol. The van der Waals surface area contributed by atoms with E-state index in [2.05, 4.69) is 4.98 Å². The third-order valence-electron chi connectivity index (χ3n) is 4.01. The van der Waals surface area contributed by atoms with Crippen molar-refractivity contribution in [1.29, 1.82) is 0 Å². The van der Waals surface area contributed by atoms with Gasteiger partial charge in [-0.1, -0.05) is 24.3 Å². The van der Waals surface area contributed by atoms with Crippen LogP contribution in [0.5, 0.6) is 5.75 Å². The Morgan fingerprint density at radius 2 is 1.64 bits per heavy atom. The predicted octanol–water partition coefficient (Wildman–Crippen LogP) is 4.45. The third kappa shape index (κ3) is 2.59. The highest BCUT2D eigenvalue weighted by Gasteiger charge is 2.16. The third-order valence-corrected chi connectivity index (χ3v) is 4.01. The van der Waals surface area contributed by atoms with Crippen LogP contribution in [0.4, 0.5) is 5.69 Å². The Morgan fingerprint density at radius 1 is 0.920 bits per heavy atom. The van der Waals surface area contributed by atoms with Crippen LogP contribution >= 0.6 is 0 Å². The number of fused-ring (bicyclic) bond motifs is 3. The van der Waals surface area contributed by atoms with Crippen LogP contribution in [0.3, 0.4) is 0 Å². The van der Waals surface area contributed by atoms with E-state index in [1.54, 1.807) is 12.1 Å². The van der Waals surface area contributed by atoms with E-state index in [0.29, 0.717) is 5.56 Å². The first-order chi connectivity index (χ1) is 12.1. The van der Waals surface area contributed by atoms with Crippen molar-refractivity contribution < 1.29 is 14.5 Å². The zero-order valence-electron chi connectivity index (χ0n) is 12.9. The van der Waals surface area contributed by atoms with Gasteiger partial charge in [0.1, 0.15) is 5.75 Å². The molecule has 0 aliphatic carbocycles. The van der Waals surface area contributed by atoms with Crippen LogP contribution in [0.1, 0.15) is 10.4 Å². The van der Waals surface area contributed by atoms with Crippen molar-refractivity contribution in [2.45, 2.75) is 0 Å². The van der Waals surface area contributed by atoms with Crippen LogP contribution < -0.4 is 4.74 Å². The lowest BCUT2D eigenvalue weighted by Crippen LogP contribution is -2.08. The molecule has 1 heterocycles. The normalized spacial score (nSPS) is 10.9. The zero-order valence-corrected chi connectivity index (χ0v) is 12.9. The van der Waals surface area contributed by atoms with Gasteiger partial charge in [-0.25, -0.2) is 4.79 Å². The van der Waals surface area contributed by atoms with Gasteiger partial charge < -0.3 is 9.72 Å². The number of rotatable bonds is 3. The van der Waals surface area contributed by atoms with E-state index in [9.17, 15) is 14.9 Å². The molecule has 0 saturated carbocycles. The Bertz CT molecular complexity index is 1110. The first kappa shape index (κ1) is 14.9. The number of H-pyrrole nitrogens is 1. The average molecular weight is 332 g/mol. The summed E-state index contributed by atoms with van der Waals surface area (Å²) in [6.07, 6.45) is 0. The standard InChI is InChI=1S/C19H12N2O4/c22-19(25-13-10-8-12(9-11-13)21(23)24)15-5-3-7-17-18(15)14-4-1-2-6-16(14)20-17/h1-11,20H. The van der Waals surface area contributed by atoms with Gasteiger partial charge in [-0.15, -0.1) is 0 Å². The number of carbonyl (C=O) groups is 1. The number of non-ortho nitro benzene ring substituents is 1. The molecule has 4 rings (SSSR count). The minimum atomic E-state index is -0.510. The van der Waals surface area contributed by atoms with E-state index in [-0.39, 0.29) is 11.4 Å². The van der Waals surface area contributed by atoms with Crippen molar-refractivity contribution in [2.75, 3.05) is 0 Å².